The van der Waals surface area contributed by atoms with Crippen molar-refractivity contribution in [3.8, 4) is 5.69 Å². The van der Waals surface area contributed by atoms with Gasteiger partial charge in [0.05, 0.1) is 26.2 Å². The summed E-state index contributed by atoms with van der Waals surface area (Å²) in [6, 6.07) is 9.62. The zero-order valence-corrected chi connectivity index (χ0v) is 16.3. The standard InChI is InChI=1S/C20H24ClN3O2/c1-14-11-19(15(2)24(14)18-6-4-5-17(21)12-18)20(26)13-22-7-9-23(10-8-22)16(3)25/h4-6,11-12H,7-10,13H2,1-3H3/p+1. The Labute approximate surface area is 159 Å². The second kappa shape index (κ2) is 7.64. The van der Waals surface area contributed by atoms with Crippen LogP contribution in [0, 0.1) is 13.8 Å². The first-order chi connectivity index (χ1) is 12.4. The highest BCUT2D eigenvalue weighted by Crippen LogP contribution is 2.23. The van der Waals surface area contributed by atoms with Gasteiger partial charge < -0.3 is 14.4 Å². The normalized spacial score (nSPS) is 15.3. The molecule has 1 fully saturated rings. The number of aromatic nitrogens is 1. The average molecular weight is 375 g/mol. The average Bonchev–Trinajstić information content (AvgIpc) is 2.90. The van der Waals surface area contributed by atoms with Gasteiger partial charge >= 0.3 is 0 Å². The Morgan fingerprint density at radius 3 is 2.46 bits per heavy atom. The van der Waals surface area contributed by atoms with Gasteiger partial charge in [0.25, 0.3) is 0 Å². The van der Waals surface area contributed by atoms with Crippen molar-refractivity contribution in [2.45, 2.75) is 20.8 Å². The summed E-state index contributed by atoms with van der Waals surface area (Å²) in [5, 5.41) is 0.677. The molecule has 0 unspecified atom stereocenters. The first kappa shape index (κ1) is 18.7. The predicted octanol–water partition coefficient (Wildman–Crippen LogP) is 1.68. The molecule has 0 bridgehead atoms. The van der Waals surface area contributed by atoms with Gasteiger partial charge in [0, 0.05) is 34.6 Å². The van der Waals surface area contributed by atoms with Crippen LogP contribution in [0.3, 0.4) is 0 Å². The van der Waals surface area contributed by atoms with Crippen LogP contribution >= 0.6 is 11.6 Å². The van der Waals surface area contributed by atoms with Crippen molar-refractivity contribution < 1.29 is 14.5 Å². The van der Waals surface area contributed by atoms with Gasteiger partial charge in [-0.25, -0.2) is 0 Å². The molecule has 0 aliphatic carbocycles. The minimum Gasteiger partial charge on any atom is -0.332 e. The Bertz CT molecular complexity index is 836. The maximum absolute atomic E-state index is 12.9. The molecule has 0 spiro atoms. The zero-order chi connectivity index (χ0) is 18.8. The third kappa shape index (κ3) is 3.84. The minimum atomic E-state index is 0.112. The molecular formula is C20H25ClN3O2+. The third-order valence-corrected chi connectivity index (χ3v) is 5.36. The van der Waals surface area contributed by atoms with Crippen LogP contribution in [0.25, 0.3) is 5.69 Å². The van der Waals surface area contributed by atoms with E-state index < -0.39 is 0 Å². The molecule has 1 aliphatic heterocycles. The van der Waals surface area contributed by atoms with E-state index in [0.717, 1.165) is 48.8 Å². The molecule has 26 heavy (non-hydrogen) atoms. The van der Waals surface area contributed by atoms with Crippen molar-refractivity contribution >= 4 is 23.3 Å². The van der Waals surface area contributed by atoms with E-state index in [4.69, 9.17) is 11.6 Å². The molecule has 2 aromatic rings. The third-order valence-electron chi connectivity index (χ3n) is 5.12. The Morgan fingerprint density at radius 2 is 1.85 bits per heavy atom. The number of nitrogens with zero attached hydrogens (tertiary/aromatic N) is 2. The van der Waals surface area contributed by atoms with Crippen molar-refractivity contribution in [2.24, 2.45) is 0 Å². The van der Waals surface area contributed by atoms with Crippen molar-refractivity contribution in [2.75, 3.05) is 32.7 Å². The van der Waals surface area contributed by atoms with Gasteiger partial charge in [-0.1, -0.05) is 17.7 Å². The second-order valence-electron chi connectivity index (χ2n) is 6.96. The number of halogens is 1. The van der Waals surface area contributed by atoms with Crippen molar-refractivity contribution in [3.63, 3.8) is 0 Å². The van der Waals surface area contributed by atoms with Gasteiger partial charge in [0.1, 0.15) is 6.54 Å². The maximum Gasteiger partial charge on any atom is 0.219 e. The molecule has 1 aliphatic rings. The number of aryl methyl sites for hydroxylation is 1. The summed E-state index contributed by atoms with van der Waals surface area (Å²) in [4.78, 5) is 27.4. The Balaban J connectivity index is 1.75. The molecule has 6 heteroatoms. The minimum absolute atomic E-state index is 0.112. The summed E-state index contributed by atoms with van der Waals surface area (Å²) < 4.78 is 2.07. The molecule has 0 radical (unpaired) electrons. The lowest BCUT2D eigenvalue weighted by Gasteiger charge is -2.31. The number of quaternary nitrogens is 1. The van der Waals surface area contributed by atoms with E-state index in [1.807, 2.05) is 49.1 Å². The van der Waals surface area contributed by atoms with Crippen molar-refractivity contribution in [1.82, 2.24) is 9.47 Å². The summed E-state index contributed by atoms with van der Waals surface area (Å²) in [6.07, 6.45) is 0. The van der Waals surface area contributed by atoms with Crippen LogP contribution < -0.4 is 4.90 Å². The van der Waals surface area contributed by atoms with Gasteiger partial charge in [-0.3, -0.25) is 9.59 Å². The number of carbonyl (C=O) groups is 2. The molecule has 1 N–H and O–H groups in total. The number of hydrogen-bond donors (Lipinski definition) is 1. The van der Waals surface area contributed by atoms with Crippen molar-refractivity contribution in [3.05, 3.63) is 52.3 Å². The monoisotopic (exact) mass is 374 g/mol. The molecule has 0 atom stereocenters. The molecule has 5 nitrogen and oxygen atoms in total. The number of amides is 1. The highest BCUT2D eigenvalue weighted by Gasteiger charge is 2.25. The molecular weight excluding hydrogens is 350 g/mol. The summed E-state index contributed by atoms with van der Waals surface area (Å²) in [6.45, 7) is 9.12. The first-order valence-electron chi connectivity index (χ1n) is 8.94. The van der Waals surface area contributed by atoms with Crippen LogP contribution in [-0.2, 0) is 4.79 Å². The van der Waals surface area contributed by atoms with E-state index in [0.29, 0.717) is 11.6 Å². The van der Waals surface area contributed by atoms with Crippen LogP contribution in [0.2, 0.25) is 5.02 Å². The Hall–Kier alpha value is -2.11. The van der Waals surface area contributed by atoms with Crippen LogP contribution in [0.5, 0.6) is 0 Å². The molecule has 0 saturated carbocycles. The fourth-order valence-corrected chi connectivity index (χ4v) is 3.88. The van der Waals surface area contributed by atoms with Gasteiger partial charge in [-0.2, -0.15) is 0 Å². The van der Waals surface area contributed by atoms with E-state index in [9.17, 15) is 9.59 Å². The Kier molecular flexibility index (Phi) is 5.49. The van der Waals surface area contributed by atoms with E-state index >= 15 is 0 Å². The highest BCUT2D eigenvalue weighted by atomic mass is 35.5. The SMILES string of the molecule is CC(=O)N1CC[NH+](CC(=O)c2cc(C)n(-c3cccc(Cl)c3)c2C)CC1. The number of carbonyl (C=O) groups excluding carboxylic acids is 2. The number of piperazine rings is 1. The van der Waals surface area contributed by atoms with Crippen LogP contribution in [0.4, 0.5) is 0 Å². The van der Waals surface area contributed by atoms with E-state index in [1.165, 1.54) is 4.90 Å². The Morgan fingerprint density at radius 1 is 1.15 bits per heavy atom. The number of Topliss-reactive ketones (excluding diaryl/α,β-unsaturated/α-hetero) is 1. The molecule has 3 rings (SSSR count). The predicted molar refractivity (Wildman–Crippen MR) is 102 cm³/mol. The van der Waals surface area contributed by atoms with Gasteiger partial charge in [-0.05, 0) is 38.1 Å². The van der Waals surface area contributed by atoms with E-state index in [-0.39, 0.29) is 11.7 Å². The lowest BCUT2D eigenvalue weighted by atomic mass is 10.1. The van der Waals surface area contributed by atoms with E-state index in [1.54, 1.807) is 6.92 Å². The molecule has 1 amide bonds. The number of benzene rings is 1. The topological polar surface area (TPSA) is 46.8 Å². The second-order valence-corrected chi connectivity index (χ2v) is 7.39. The largest absolute Gasteiger partial charge is 0.332 e. The summed E-state index contributed by atoms with van der Waals surface area (Å²) >= 11 is 6.12. The lowest BCUT2D eigenvalue weighted by Crippen LogP contribution is -3.15. The highest BCUT2D eigenvalue weighted by molar-refractivity contribution is 6.30. The first-order valence-corrected chi connectivity index (χ1v) is 9.32. The zero-order valence-electron chi connectivity index (χ0n) is 15.5. The van der Waals surface area contributed by atoms with Gasteiger partial charge in [0.15, 0.2) is 0 Å². The quantitative estimate of drug-likeness (QED) is 0.828. The number of ketones is 1. The van der Waals surface area contributed by atoms with Crippen LogP contribution in [0.15, 0.2) is 30.3 Å². The van der Waals surface area contributed by atoms with Crippen LogP contribution in [-0.4, -0.2) is 53.9 Å². The molecule has 2 heterocycles. The number of rotatable bonds is 4. The lowest BCUT2D eigenvalue weighted by molar-refractivity contribution is -0.895. The summed E-state index contributed by atoms with van der Waals surface area (Å²) in [7, 11) is 0. The van der Waals surface area contributed by atoms with Gasteiger partial charge in [-0.15, -0.1) is 0 Å². The van der Waals surface area contributed by atoms with Crippen LogP contribution in [0.1, 0.15) is 28.7 Å². The fraction of sp³-hybridized carbons (Fsp3) is 0.400. The van der Waals surface area contributed by atoms with E-state index in [2.05, 4.69) is 4.57 Å². The molecule has 1 aromatic heterocycles. The summed E-state index contributed by atoms with van der Waals surface area (Å²) in [5.41, 5.74) is 3.69. The smallest absolute Gasteiger partial charge is 0.219 e. The molecule has 138 valence electrons. The molecule has 1 saturated heterocycles. The fourth-order valence-electron chi connectivity index (χ4n) is 3.69. The number of nitrogens with one attached hydrogen (secondary N) is 1. The molecule has 1 aromatic carbocycles. The van der Waals surface area contributed by atoms with Crippen molar-refractivity contribution in [1.29, 1.82) is 0 Å². The summed E-state index contributed by atoms with van der Waals surface area (Å²) in [5.74, 6) is 0.262. The number of hydrogen-bond acceptors (Lipinski definition) is 2. The van der Waals surface area contributed by atoms with Gasteiger partial charge in [0.2, 0.25) is 11.7 Å². The maximum atomic E-state index is 12.9.